The van der Waals surface area contributed by atoms with Gasteiger partial charge in [0.15, 0.2) is 5.78 Å². The lowest BCUT2D eigenvalue weighted by molar-refractivity contribution is 0.104. The first-order chi connectivity index (χ1) is 9.10. The van der Waals surface area contributed by atoms with Crippen LogP contribution in [0.2, 0.25) is 10.0 Å². The van der Waals surface area contributed by atoms with Crippen LogP contribution in [0.3, 0.4) is 0 Å². The zero-order valence-electron chi connectivity index (χ0n) is 10.3. The molecule has 0 bridgehead atoms. The van der Waals surface area contributed by atoms with E-state index in [0.29, 0.717) is 15.6 Å². The lowest BCUT2D eigenvalue weighted by Crippen LogP contribution is -1.95. The summed E-state index contributed by atoms with van der Waals surface area (Å²) >= 11 is 11.7. The summed E-state index contributed by atoms with van der Waals surface area (Å²) in [6.07, 6.45) is 5.02. The van der Waals surface area contributed by atoms with Crippen molar-refractivity contribution in [2.24, 2.45) is 0 Å². The second-order valence-corrected chi connectivity index (χ2v) is 4.74. The van der Waals surface area contributed by atoms with E-state index in [9.17, 15) is 4.79 Å². The molecule has 0 aliphatic carbocycles. The van der Waals surface area contributed by atoms with Crippen molar-refractivity contribution in [3.63, 3.8) is 0 Å². The quantitative estimate of drug-likeness (QED) is 0.628. The van der Waals surface area contributed by atoms with Crippen molar-refractivity contribution < 1.29 is 4.79 Å². The first kappa shape index (κ1) is 13.8. The van der Waals surface area contributed by atoms with E-state index in [4.69, 9.17) is 23.2 Å². The molecule has 1 heterocycles. The van der Waals surface area contributed by atoms with Gasteiger partial charge < -0.3 is 0 Å². The van der Waals surface area contributed by atoms with Gasteiger partial charge in [-0.15, -0.1) is 0 Å². The third-order valence-electron chi connectivity index (χ3n) is 2.59. The van der Waals surface area contributed by atoms with Crippen molar-refractivity contribution in [1.82, 2.24) is 9.78 Å². The molecule has 0 N–H and O–H groups in total. The Morgan fingerprint density at radius 3 is 2.74 bits per heavy atom. The summed E-state index contributed by atoms with van der Waals surface area (Å²) in [4.78, 5) is 11.9. The fraction of sp³-hybridized carbons (Fsp3) is 0.143. The first-order valence-electron chi connectivity index (χ1n) is 5.81. The number of ketones is 1. The Morgan fingerprint density at radius 1 is 1.32 bits per heavy atom. The number of benzene rings is 1. The number of aryl methyl sites for hydroxylation is 1. The van der Waals surface area contributed by atoms with Crippen LogP contribution in [-0.4, -0.2) is 15.6 Å². The van der Waals surface area contributed by atoms with Gasteiger partial charge in [-0.2, -0.15) is 5.10 Å². The second-order valence-electron chi connectivity index (χ2n) is 3.92. The van der Waals surface area contributed by atoms with E-state index in [1.54, 1.807) is 29.0 Å². The zero-order chi connectivity index (χ0) is 13.8. The first-order valence-corrected chi connectivity index (χ1v) is 6.56. The molecule has 1 aromatic heterocycles. The van der Waals surface area contributed by atoms with Gasteiger partial charge in [0.05, 0.1) is 15.7 Å². The average molecular weight is 295 g/mol. The van der Waals surface area contributed by atoms with Gasteiger partial charge in [-0.25, -0.2) is 0 Å². The van der Waals surface area contributed by atoms with Crippen LogP contribution in [0.1, 0.15) is 23.0 Å². The maximum atomic E-state index is 11.9. The lowest BCUT2D eigenvalue weighted by atomic mass is 10.1. The summed E-state index contributed by atoms with van der Waals surface area (Å²) in [6, 6.07) is 6.66. The summed E-state index contributed by atoms with van der Waals surface area (Å²) in [5.74, 6) is -0.135. The third-order valence-corrected chi connectivity index (χ3v) is 3.33. The molecule has 0 amide bonds. The Bertz CT molecular complexity index is 632. The van der Waals surface area contributed by atoms with Crippen molar-refractivity contribution in [1.29, 1.82) is 0 Å². The standard InChI is InChI=1S/C14H12Cl2N2O/c1-2-18-8-7-11(17-18)4-6-14(19)10-3-5-12(15)13(16)9-10/h3-9H,2H2,1H3/b6-4+. The van der Waals surface area contributed by atoms with Crippen LogP contribution in [0, 0.1) is 0 Å². The highest BCUT2D eigenvalue weighted by molar-refractivity contribution is 6.42. The Morgan fingerprint density at radius 2 is 2.11 bits per heavy atom. The third kappa shape index (κ3) is 3.46. The highest BCUT2D eigenvalue weighted by Gasteiger charge is 2.05. The zero-order valence-corrected chi connectivity index (χ0v) is 11.8. The second kappa shape index (κ2) is 6.04. The van der Waals surface area contributed by atoms with Crippen LogP contribution in [0.4, 0.5) is 0 Å². The maximum Gasteiger partial charge on any atom is 0.185 e. The SMILES string of the molecule is CCn1ccc(/C=C/C(=O)c2ccc(Cl)c(Cl)c2)n1. The van der Waals surface area contributed by atoms with Crippen molar-refractivity contribution in [3.8, 4) is 0 Å². The van der Waals surface area contributed by atoms with E-state index in [0.717, 1.165) is 12.2 Å². The van der Waals surface area contributed by atoms with Crippen LogP contribution in [0.5, 0.6) is 0 Å². The average Bonchev–Trinajstić information content (AvgIpc) is 2.87. The largest absolute Gasteiger partial charge is 0.289 e. The van der Waals surface area contributed by atoms with Crippen LogP contribution >= 0.6 is 23.2 Å². The van der Waals surface area contributed by atoms with E-state index in [1.165, 1.54) is 6.08 Å². The van der Waals surface area contributed by atoms with E-state index < -0.39 is 0 Å². The number of allylic oxidation sites excluding steroid dienone is 1. The van der Waals surface area contributed by atoms with Gasteiger partial charge in [-0.1, -0.05) is 23.2 Å². The number of aromatic nitrogens is 2. The van der Waals surface area contributed by atoms with Crippen LogP contribution in [0.15, 0.2) is 36.5 Å². The number of nitrogens with zero attached hydrogens (tertiary/aromatic N) is 2. The molecule has 1 aromatic carbocycles. The minimum absolute atomic E-state index is 0.135. The molecule has 0 spiro atoms. The molecule has 3 nitrogen and oxygen atoms in total. The predicted octanol–water partition coefficient (Wildman–Crippen LogP) is 4.11. The lowest BCUT2D eigenvalue weighted by Gasteiger charge is -1.98. The topological polar surface area (TPSA) is 34.9 Å². The Balaban J connectivity index is 2.13. The Hall–Kier alpha value is -1.58. The van der Waals surface area contributed by atoms with Gasteiger partial charge in [0, 0.05) is 18.3 Å². The Labute approximate surface area is 121 Å². The number of carbonyl (C=O) groups is 1. The normalized spacial score (nSPS) is 11.1. The molecule has 0 radical (unpaired) electrons. The van der Waals surface area contributed by atoms with Crippen molar-refractivity contribution in [2.75, 3.05) is 0 Å². The van der Waals surface area contributed by atoms with Crippen molar-refractivity contribution in [2.45, 2.75) is 13.5 Å². The number of hydrogen-bond donors (Lipinski definition) is 0. The number of halogens is 2. The number of rotatable bonds is 4. The van der Waals surface area contributed by atoms with E-state index >= 15 is 0 Å². The van der Waals surface area contributed by atoms with Gasteiger partial charge in [0.1, 0.15) is 0 Å². The minimum Gasteiger partial charge on any atom is -0.289 e. The fourth-order valence-corrected chi connectivity index (χ4v) is 1.85. The molecule has 0 unspecified atom stereocenters. The maximum absolute atomic E-state index is 11.9. The molecule has 0 saturated carbocycles. The monoisotopic (exact) mass is 294 g/mol. The predicted molar refractivity (Wildman–Crippen MR) is 77.7 cm³/mol. The number of carbonyl (C=O) groups excluding carboxylic acids is 1. The molecule has 0 aliphatic rings. The molecular formula is C14H12Cl2N2O. The summed E-state index contributed by atoms with van der Waals surface area (Å²) in [6.45, 7) is 2.80. The molecule has 0 saturated heterocycles. The highest BCUT2D eigenvalue weighted by atomic mass is 35.5. The molecule has 0 fully saturated rings. The molecule has 19 heavy (non-hydrogen) atoms. The highest BCUT2D eigenvalue weighted by Crippen LogP contribution is 2.23. The summed E-state index contributed by atoms with van der Waals surface area (Å²) < 4.78 is 1.79. The van der Waals surface area contributed by atoms with E-state index in [-0.39, 0.29) is 5.78 Å². The Kier molecular flexibility index (Phi) is 4.40. The summed E-state index contributed by atoms with van der Waals surface area (Å²) in [7, 11) is 0. The van der Waals surface area contributed by atoms with Gasteiger partial charge in [0.2, 0.25) is 0 Å². The van der Waals surface area contributed by atoms with Crippen molar-refractivity contribution >= 4 is 35.1 Å². The van der Waals surface area contributed by atoms with Gasteiger partial charge in [0.25, 0.3) is 0 Å². The molecule has 2 aromatic rings. The molecule has 2 rings (SSSR count). The van der Waals surface area contributed by atoms with Crippen molar-refractivity contribution in [3.05, 3.63) is 57.8 Å². The van der Waals surface area contributed by atoms with Gasteiger partial charge in [-0.05, 0) is 43.3 Å². The van der Waals surface area contributed by atoms with E-state index in [2.05, 4.69) is 5.10 Å². The smallest absolute Gasteiger partial charge is 0.185 e. The summed E-state index contributed by atoms with van der Waals surface area (Å²) in [5, 5.41) is 5.06. The molecule has 0 atom stereocenters. The van der Waals surface area contributed by atoms with Gasteiger partial charge in [-0.3, -0.25) is 9.48 Å². The van der Waals surface area contributed by atoms with Crippen LogP contribution in [-0.2, 0) is 6.54 Å². The van der Waals surface area contributed by atoms with Crippen LogP contribution < -0.4 is 0 Å². The molecule has 5 heteroatoms. The summed E-state index contributed by atoms with van der Waals surface area (Å²) in [5.41, 5.74) is 1.25. The van der Waals surface area contributed by atoms with E-state index in [1.807, 2.05) is 19.2 Å². The minimum atomic E-state index is -0.135. The molecule has 98 valence electrons. The fourth-order valence-electron chi connectivity index (χ4n) is 1.55. The van der Waals surface area contributed by atoms with Crippen LogP contribution in [0.25, 0.3) is 6.08 Å². The number of hydrogen-bond acceptors (Lipinski definition) is 2. The molecular weight excluding hydrogens is 283 g/mol. The molecule has 0 aliphatic heterocycles. The van der Waals surface area contributed by atoms with Gasteiger partial charge >= 0.3 is 0 Å².